The summed E-state index contributed by atoms with van der Waals surface area (Å²) < 4.78 is 0. The van der Waals surface area contributed by atoms with Crippen LogP contribution < -0.4 is 0 Å². The van der Waals surface area contributed by atoms with Crippen LogP contribution >= 0.6 is 0 Å². The molecule has 0 spiro atoms. The van der Waals surface area contributed by atoms with Crippen molar-refractivity contribution in [3.8, 4) is 0 Å². The summed E-state index contributed by atoms with van der Waals surface area (Å²) in [5.74, 6) is 0.705. The molecule has 0 unspecified atom stereocenters. The van der Waals surface area contributed by atoms with E-state index < -0.39 is 0 Å². The Morgan fingerprint density at radius 3 is 2.64 bits per heavy atom. The van der Waals surface area contributed by atoms with Crippen LogP contribution in [0.3, 0.4) is 0 Å². The molecule has 70 valence electrons. The van der Waals surface area contributed by atoms with Crippen LogP contribution in [0, 0.1) is 0 Å². The highest BCUT2D eigenvalue weighted by atomic mass is 16.6. The van der Waals surface area contributed by atoms with Crippen molar-refractivity contribution in [2.24, 2.45) is 5.16 Å². The van der Waals surface area contributed by atoms with Gasteiger partial charge in [0.05, 0.1) is 0 Å². The maximum absolute atomic E-state index is 10.4. The number of rotatable bonds is 2. The molecule has 3 heteroatoms. The molecule has 0 saturated carbocycles. The maximum Gasteiger partial charge on any atom is 0.167 e. The standard InChI is InChI=1S/C11H9NO2/c13-8-10-6-7-11(14-12-10)9-4-2-1-3-5-9/h1-5,7-8H,6H2. The van der Waals surface area contributed by atoms with Crippen LogP contribution in [0.2, 0.25) is 0 Å². The van der Waals surface area contributed by atoms with Gasteiger partial charge in [0.2, 0.25) is 0 Å². The second-order valence-electron chi connectivity index (χ2n) is 2.93. The van der Waals surface area contributed by atoms with E-state index in [1.165, 1.54) is 0 Å². The molecule has 0 amide bonds. The predicted molar refractivity (Wildman–Crippen MR) is 53.6 cm³/mol. The summed E-state index contributed by atoms with van der Waals surface area (Å²) >= 11 is 0. The van der Waals surface area contributed by atoms with E-state index in [4.69, 9.17) is 4.84 Å². The van der Waals surface area contributed by atoms with E-state index in [1.807, 2.05) is 36.4 Å². The van der Waals surface area contributed by atoms with Crippen LogP contribution in [0.4, 0.5) is 0 Å². The largest absolute Gasteiger partial charge is 0.356 e. The third-order valence-electron chi connectivity index (χ3n) is 1.95. The first kappa shape index (κ1) is 8.69. The van der Waals surface area contributed by atoms with Crippen molar-refractivity contribution >= 4 is 17.8 Å². The third kappa shape index (κ3) is 1.71. The molecule has 3 nitrogen and oxygen atoms in total. The number of nitrogens with zero attached hydrogens (tertiary/aromatic N) is 1. The maximum atomic E-state index is 10.4. The van der Waals surface area contributed by atoms with Gasteiger partial charge in [0.25, 0.3) is 0 Å². The molecule has 0 N–H and O–H groups in total. The van der Waals surface area contributed by atoms with Crippen molar-refractivity contribution in [2.75, 3.05) is 0 Å². The van der Waals surface area contributed by atoms with Gasteiger partial charge in [-0.3, -0.25) is 4.79 Å². The molecule has 2 rings (SSSR count). The fourth-order valence-corrected chi connectivity index (χ4v) is 1.22. The molecular formula is C11H9NO2. The summed E-state index contributed by atoms with van der Waals surface area (Å²) in [5.41, 5.74) is 1.39. The monoisotopic (exact) mass is 187 g/mol. The lowest BCUT2D eigenvalue weighted by Crippen LogP contribution is -2.04. The van der Waals surface area contributed by atoms with Crippen molar-refractivity contribution in [1.82, 2.24) is 0 Å². The predicted octanol–water partition coefficient (Wildman–Crippen LogP) is 2.00. The van der Waals surface area contributed by atoms with Crippen molar-refractivity contribution in [2.45, 2.75) is 6.42 Å². The summed E-state index contributed by atoms with van der Waals surface area (Å²) in [7, 11) is 0. The fourth-order valence-electron chi connectivity index (χ4n) is 1.22. The number of carbonyl (C=O) groups excluding carboxylic acids is 1. The Labute approximate surface area is 81.7 Å². The smallest absolute Gasteiger partial charge is 0.167 e. The topological polar surface area (TPSA) is 38.7 Å². The lowest BCUT2D eigenvalue weighted by atomic mass is 10.1. The Hall–Kier alpha value is -1.90. The van der Waals surface area contributed by atoms with Gasteiger partial charge in [-0.2, -0.15) is 0 Å². The van der Waals surface area contributed by atoms with Crippen molar-refractivity contribution in [3.63, 3.8) is 0 Å². The van der Waals surface area contributed by atoms with Crippen LogP contribution in [0.25, 0.3) is 5.76 Å². The lowest BCUT2D eigenvalue weighted by Gasteiger charge is -2.09. The van der Waals surface area contributed by atoms with Crippen molar-refractivity contribution in [1.29, 1.82) is 0 Å². The molecule has 1 heterocycles. The molecule has 1 aromatic carbocycles. The molecular weight excluding hydrogens is 178 g/mol. The molecule has 0 radical (unpaired) electrons. The fraction of sp³-hybridized carbons (Fsp3) is 0.0909. The summed E-state index contributed by atoms with van der Waals surface area (Å²) in [6.45, 7) is 0. The minimum absolute atomic E-state index is 0.421. The third-order valence-corrected chi connectivity index (χ3v) is 1.95. The Kier molecular flexibility index (Phi) is 2.40. The first-order valence-electron chi connectivity index (χ1n) is 4.35. The Bertz CT molecular complexity index is 393. The van der Waals surface area contributed by atoms with Gasteiger partial charge in [-0.15, -0.1) is 0 Å². The summed E-state index contributed by atoms with van der Waals surface area (Å²) in [5, 5.41) is 3.69. The van der Waals surface area contributed by atoms with Gasteiger partial charge in [0.15, 0.2) is 12.0 Å². The first-order chi connectivity index (χ1) is 6.90. The van der Waals surface area contributed by atoms with E-state index in [0.717, 1.165) is 5.56 Å². The van der Waals surface area contributed by atoms with Gasteiger partial charge in [-0.05, 0) is 6.08 Å². The normalized spacial score (nSPS) is 15.1. The summed E-state index contributed by atoms with van der Waals surface area (Å²) in [4.78, 5) is 15.4. The number of aldehydes is 1. The molecule has 1 aromatic rings. The van der Waals surface area contributed by atoms with Crippen molar-refractivity contribution < 1.29 is 9.63 Å². The molecule has 0 atom stereocenters. The van der Waals surface area contributed by atoms with E-state index in [0.29, 0.717) is 24.2 Å². The molecule has 0 saturated heterocycles. The quantitative estimate of drug-likeness (QED) is 0.664. The van der Waals surface area contributed by atoms with Crippen LogP contribution in [-0.2, 0) is 9.63 Å². The molecule has 0 fully saturated rings. The Balaban J connectivity index is 2.17. The number of benzene rings is 1. The van der Waals surface area contributed by atoms with Crippen LogP contribution in [0.1, 0.15) is 12.0 Å². The molecule has 1 aliphatic heterocycles. The Morgan fingerprint density at radius 2 is 2.07 bits per heavy atom. The van der Waals surface area contributed by atoms with Gasteiger partial charge in [-0.25, -0.2) is 0 Å². The van der Waals surface area contributed by atoms with E-state index in [9.17, 15) is 4.79 Å². The second-order valence-corrected chi connectivity index (χ2v) is 2.93. The van der Waals surface area contributed by atoms with Gasteiger partial charge in [-0.1, -0.05) is 35.5 Å². The minimum atomic E-state index is 0.421. The highest BCUT2D eigenvalue weighted by Crippen LogP contribution is 2.19. The van der Waals surface area contributed by atoms with Gasteiger partial charge < -0.3 is 4.84 Å². The summed E-state index contributed by atoms with van der Waals surface area (Å²) in [6, 6.07) is 9.67. The Morgan fingerprint density at radius 1 is 1.29 bits per heavy atom. The highest BCUT2D eigenvalue weighted by molar-refractivity contribution is 6.28. The van der Waals surface area contributed by atoms with Gasteiger partial charge >= 0.3 is 0 Å². The van der Waals surface area contributed by atoms with Gasteiger partial charge in [0, 0.05) is 12.0 Å². The molecule has 14 heavy (non-hydrogen) atoms. The molecule has 1 aliphatic rings. The van der Waals surface area contributed by atoms with Crippen LogP contribution in [0.5, 0.6) is 0 Å². The minimum Gasteiger partial charge on any atom is -0.356 e. The SMILES string of the molecule is O=CC1=NOC(c2ccccc2)=CC1. The van der Waals surface area contributed by atoms with E-state index in [-0.39, 0.29) is 0 Å². The zero-order valence-corrected chi connectivity index (χ0v) is 7.51. The first-order valence-corrected chi connectivity index (χ1v) is 4.35. The van der Waals surface area contributed by atoms with Crippen molar-refractivity contribution in [3.05, 3.63) is 42.0 Å². The average molecular weight is 187 g/mol. The van der Waals surface area contributed by atoms with Crippen LogP contribution in [-0.4, -0.2) is 12.0 Å². The van der Waals surface area contributed by atoms with E-state index >= 15 is 0 Å². The number of carbonyl (C=O) groups is 1. The van der Waals surface area contributed by atoms with E-state index in [2.05, 4.69) is 5.16 Å². The second kappa shape index (κ2) is 3.87. The lowest BCUT2D eigenvalue weighted by molar-refractivity contribution is -0.102. The zero-order chi connectivity index (χ0) is 9.80. The van der Waals surface area contributed by atoms with Crippen LogP contribution in [0.15, 0.2) is 41.6 Å². The number of oxime groups is 1. The van der Waals surface area contributed by atoms with Gasteiger partial charge in [0.1, 0.15) is 5.71 Å². The summed E-state index contributed by atoms with van der Waals surface area (Å²) in [6.07, 6.45) is 3.10. The molecule has 0 bridgehead atoms. The highest BCUT2D eigenvalue weighted by Gasteiger charge is 2.09. The molecule has 0 aromatic heterocycles. The average Bonchev–Trinajstić information content (AvgIpc) is 2.30. The molecule has 0 aliphatic carbocycles. The zero-order valence-electron chi connectivity index (χ0n) is 7.51. The number of hydrogen-bond acceptors (Lipinski definition) is 3. The number of hydrogen-bond donors (Lipinski definition) is 0. The van der Waals surface area contributed by atoms with E-state index in [1.54, 1.807) is 0 Å². The number of allylic oxidation sites excluding steroid dienone is 1.